The highest BCUT2D eigenvalue weighted by molar-refractivity contribution is 7.32. The van der Waals surface area contributed by atoms with Crippen molar-refractivity contribution in [3.8, 4) is 0 Å². The van der Waals surface area contributed by atoms with E-state index >= 15 is 0 Å². The number of aryl methyl sites for hydroxylation is 3. The fourth-order valence-corrected chi connectivity index (χ4v) is 1.84. The third kappa shape index (κ3) is 0.952. The molecule has 0 aliphatic rings. The van der Waals surface area contributed by atoms with Crippen LogP contribution in [0, 0.1) is 26.8 Å². The minimum atomic E-state index is 0.922. The molecule has 1 aromatic heterocycles. The van der Waals surface area contributed by atoms with E-state index in [0.29, 0.717) is 0 Å². The molecule has 0 saturated heterocycles. The molecule has 0 bridgehead atoms. The van der Waals surface area contributed by atoms with Crippen LogP contribution in [0.4, 0.5) is 0 Å². The maximum atomic E-state index is 3.28. The number of hydrogen-bond donors (Lipinski definition) is 0. The molecule has 0 amide bonds. The molecule has 1 atom stereocenters. The number of hydrogen-bond acceptors (Lipinski definition) is 0. The Balaban J connectivity index is 3.14. The van der Waals surface area contributed by atoms with Crippen molar-refractivity contribution in [3.63, 3.8) is 0 Å². The fraction of sp³-hybridized carbons (Fsp3) is 0.429. The highest BCUT2D eigenvalue weighted by Crippen LogP contribution is 2.23. The van der Waals surface area contributed by atoms with Gasteiger partial charge in [-0.25, -0.2) is 0 Å². The van der Waals surface area contributed by atoms with E-state index in [0.717, 1.165) is 8.19 Å². The molecular formula is C7H10P. The molecule has 1 heterocycles. The molecule has 43 valence electrons. The van der Waals surface area contributed by atoms with Crippen molar-refractivity contribution in [1.29, 1.82) is 0 Å². The largest absolute Gasteiger partial charge is 0.133 e. The lowest BCUT2D eigenvalue weighted by Crippen LogP contribution is -1.62. The first-order valence-electron chi connectivity index (χ1n) is 2.75. The molecule has 0 N–H and O–H groups in total. The quantitative estimate of drug-likeness (QED) is 0.499. The molecule has 1 unspecified atom stereocenters. The van der Waals surface area contributed by atoms with Crippen LogP contribution in [0.5, 0.6) is 0 Å². The van der Waals surface area contributed by atoms with E-state index in [2.05, 4.69) is 26.8 Å². The van der Waals surface area contributed by atoms with Gasteiger partial charge in [-0.05, 0) is 43.0 Å². The summed E-state index contributed by atoms with van der Waals surface area (Å²) in [6.45, 7) is 6.44. The van der Waals surface area contributed by atoms with Crippen LogP contribution < -0.4 is 0 Å². The van der Waals surface area contributed by atoms with E-state index in [-0.39, 0.29) is 0 Å². The van der Waals surface area contributed by atoms with E-state index < -0.39 is 0 Å². The van der Waals surface area contributed by atoms with Crippen molar-refractivity contribution in [2.75, 3.05) is 0 Å². The van der Waals surface area contributed by atoms with Gasteiger partial charge in [0.25, 0.3) is 0 Å². The molecule has 1 rings (SSSR count). The Morgan fingerprint density at radius 2 is 1.88 bits per heavy atom. The Kier molecular flexibility index (Phi) is 1.44. The van der Waals surface area contributed by atoms with Crippen molar-refractivity contribution >= 4 is 8.19 Å². The summed E-state index contributed by atoms with van der Waals surface area (Å²) in [5, 5.41) is 2.91. The van der Waals surface area contributed by atoms with Gasteiger partial charge >= 0.3 is 0 Å². The lowest BCUT2D eigenvalue weighted by atomic mass is 10.3. The minimum absolute atomic E-state index is 0.922. The van der Waals surface area contributed by atoms with Crippen LogP contribution in [0.25, 0.3) is 0 Å². The van der Waals surface area contributed by atoms with Crippen LogP contribution in [-0.2, 0) is 0 Å². The van der Waals surface area contributed by atoms with Gasteiger partial charge in [0.1, 0.15) is 0 Å². The highest BCUT2D eigenvalue weighted by atomic mass is 31.0. The van der Waals surface area contributed by atoms with Crippen LogP contribution in [-0.4, -0.2) is 0 Å². The molecule has 1 radical (unpaired) electrons. The van der Waals surface area contributed by atoms with Gasteiger partial charge in [-0.3, -0.25) is 0 Å². The second-order valence-corrected chi connectivity index (χ2v) is 3.88. The molecule has 0 saturated carbocycles. The number of rotatable bonds is 0. The molecule has 1 aromatic rings. The molecule has 0 spiro atoms. The first kappa shape index (κ1) is 5.91. The van der Waals surface area contributed by atoms with Crippen LogP contribution in [0.1, 0.15) is 16.2 Å². The Bertz CT molecular complexity index is 167. The van der Waals surface area contributed by atoms with Crippen LogP contribution in [0.15, 0.2) is 0 Å². The second kappa shape index (κ2) is 1.95. The molecule has 0 aliphatic heterocycles. The SMILES string of the molecule is Cc1[c]c(C)c(C)[pH]1. The van der Waals surface area contributed by atoms with Crippen LogP contribution >= 0.6 is 8.19 Å². The lowest BCUT2D eigenvalue weighted by Gasteiger charge is -1.80. The third-order valence-corrected chi connectivity index (χ3v) is 2.56. The maximum absolute atomic E-state index is 3.28. The fourth-order valence-electron chi connectivity index (χ4n) is 0.781. The van der Waals surface area contributed by atoms with E-state index in [1.54, 1.807) is 0 Å². The van der Waals surface area contributed by atoms with Gasteiger partial charge in [-0.1, -0.05) is 0 Å². The van der Waals surface area contributed by atoms with Crippen molar-refractivity contribution in [3.05, 3.63) is 22.2 Å². The Labute approximate surface area is 52.0 Å². The summed E-state index contributed by atoms with van der Waals surface area (Å²) in [4.78, 5) is 0. The van der Waals surface area contributed by atoms with Crippen LogP contribution in [0.2, 0.25) is 0 Å². The van der Waals surface area contributed by atoms with Gasteiger partial charge in [0, 0.05) is 0 Å². The summed E-state index contributed by atoms with van der Waals surface area (Å²) < 4.78 is 0. The topological polar surface area (TPSA) is 0 Å². The normalized spacial score (nSPS) is 10.9. The van der Waals surface area contributed by atoms with E-state index in [4.69, 9.17) is 0 Å². The minimum Gasteiger partial charge on any atom is -0.133 e. The van der Waals surface area contributed by atoms with Gasteiger partial charge in [-0.15, -0.1) is 8.19 Å². The third-order valence-electron chi connectivity index (χ3n) is 1.31. The Morgan fingerprint density at radius 1 is 1.25 bits per heavy atom. The zero-order valence-electron chi connectivity index (χ0n) is 5.50. The summed E-state index contributed by atoms with van der Waals surface area (Å²) in [7, 11) is 0.922. The second-order valence-electron chi connectivity index (χ2n) is 2.12. The molecule has 0 fully saturated rings. The molecule has 0 aromatic carbocycles. The summed E-state index contributed by atoms with van der Waals surface area (Å²) in [6, 6.07) is 3.28. The molecule has 0 aliphatic carbocycles. The van der Waals surface area contributed by atoms with Crippen molar-refractivity contribution in [2.45, 2.75) is 20.8 Å². The Hall–Kier alpha value is -0.220. The zero-order chi connectivity index (χ0) is 6.15. The lowest BCUT2D eigenvalue weighted by molar-refractivity contribution is 1.42. The average molecular weight is 125 g/mol. The average Bonchev–Trinajstić information content (AvgIpc) is 1.85. The molecule has 8 heavy (non-hydrogen) atoms. The van der Waals surface area contributed by atoms with Gasteiger partial charge < -0.3 is 0 Å². The monoisotopic (exact) mass is 125 g/mol. The summed E-state index contributed by atoms with van der Waals surface area (Å²) in [5.74, 6) is 0. The first-order valence-corrected chi connectivity index (χ1v) is 3.75. The molecular weight excluding hydrogens is 115 g/mol. The first-order chi connectivity index (χ1) is 3.70. The predicted octanol–water partition coefficient (Wildman–Crippen LogP) is 2.44. The smallest absolute Gasteiger partial charge is 0.00737 e. The highest BCUT2D eigenvalue weighted by Gasteiger charge is 1.93. The van der Waals surface area contributed by atoms with Gasteiger partial charge in [-0.2, -0.15) is 0 Å². The predicted molar refractivity (Wildman–Crippen MR) is 39.0 cm³/mol. The standard InChI is InChI=1S/C7H10P/c1-5-4-6(2)8-7(5)3/h8H,1-3H3. The Morgan fingerprint density at radius 3 is 2.00 bits per heavy atom. The van der Waals surface area contributed by atoms with Crippen LogP contribution in [0.3, 0.4) is 0 Å². The van der Waals surface area contributed by atoms with Crippen molar-refractivity contribution in [1.82, 2.24) is 0 Å². The zero-order valence-corrected chi connectivity index (χ0v) is 6.50. The molecule has 0 nitrogen and oxygen atoms in total. The maximum Gasteiger partial charge on any atom is -0.00737 e. The van der Waals surface area contributed by atoms with E-state index in [1.165, 1.54) is 16.2 Å². The molecule has 1 heteroatoms. The summed E-state index contributed by atoms with van der Waals surface area (Å²) >= 11 is 0. The van der Waals surface area contributed by atoms with Gasteiger partial charge in [0.05, 0.1) is 0 Å². The summed E-state index contributed by atoms with van der Waals surface area (Å²) in [5.41, 5.74) is 1.35. The van der Waals surface area contributed by atoms with Crippen molar-refractivity contribution < 1.29 is 0 Å². The van der Waals surface area contributed by atoms with Gasteiger partial charge in [0.15, 0.2) is 0 Å². The van der Waals surface area contributed by atoms with Crippen molar-refractivity contribution in [2.24, 2.45) is 0 Å². The van der Waals surface area contributed by atoms with E-state index in [1.807, 2.05) is 0 Å². The van der Waals surface area contributed by atoms with E-state index in [9.17, 15) is 0 Å². The summed E-state index contributed by atoms with van der Waals surface area (Å²) in [6.07, 6.45) is 0. The van der Waals surface area contributed by atoms with Gasteiger partial charge in [0.2, 0.25) is 0 Å².